The Balaban J connectivity index is 1.68. The first-order valence-electron chi connectivity index (χ1n) is 7.50. The van der Waals surface area contributed by atoms with E-state index in [9.17, 15) is 4.79 Å². The zero-order chi connectivity index (χ0) is 14.8. The lowest BCUT2D eigenvalue weighted by Crippen LogP contribution is -2.34. The van der Waals surface area contributed by atoms with Crippen molar-refractivity contribution in [3.05, 3.63) is 24.3 Å². The van der Waals surface area contributed by atoms with E-state index in [1.807, 2.05) is 18.2 Å². The van der Waals surface area contributed by atoms with Crippen LogP contribution in [0.2, 0.25) is 0 Å². The van der Waals surface area contributed by atoms with E-state index in [0.29, 0.717) is 11.7 Å². The second-order valence-corrected chi connectivity index (χ2v) is 9.47. The summed E-state index contributed by atoms with van der Waals surface area (Å²) in [6.07, 6.45) is 2.23. The van der Waals surface area contributed by atoms with Crippen molar-refractivity contribution >= 4 is 39.1 Å². The maximum Gasteiger partial charge on any atom is 0.152 e. The van der Waals surface area contributed by atoms with Crippen molar-refractivity contribution in [3.63, 3.8) is 0 Å². The average Bonchev–Trinajstić information content (AvgIpc) is 2.99. The number of fused-ring (bicyclic) bond motifs is 3. The highest BCUT2D eigenvalue weighted by Crippen LogP contribution is 2.66. The van der Waals surface area contributed by atoms with Crippen LogP contribution in [0.5, 0.6) is 0 Å². The van der Waals surface area contributed by atoms with Crippen LogP contribution in [-0.2, 0) is 4.79 Å². The van der Waals surface area contributed by atoms with Crippen LogP contribution >= 0.6 is 23.1 Å². The Morgan fingerprint density at radius 1 is 1.29 bits per heavy atom. The highest BCUT2D eigenvalue weighted by molar-refractivity contribution is 8.02. The predicted octanol–water partition coefficient (Wildman–Crippen LogP) is 4.78. The third-order valence-corrected chi connectivity index (χ3v) is 8.43. The molecule has 2 aromatic rings. The molecular formula is C17H19NOS2. The van der Waals surface area contributed by atoms with Crippen molar-refractivity contribution in [2.75, 3.05) is 0 Å². The molecule has 3 atom stereocenters. The number of rotatable bonds is 2. The van der Waals surface area contributed by atoms with Gasteiger partial charge in [0.1, 0.15) is 0 Å². The summed E-state index contributed by atoms with van der Waals surface area (Å²) < 4.78 is 2.25. The summed E-state index contributed by atoms with van der Waals surface area (Å²) >= 11 is 3.42. The normalized spacial score (nSPS) is 34.0. The van der Waals surface area contributed by atoms with E-state index in [2.05, 4.69) is 26.8 Å². The van der Waals surface area contributed by atoms with Gasteiger partial charge in [0, 0.05) is 5.41 Å². The van der Waals surface area contributed by atoms with Crippen molar-refractivity contribution in [3.8, 4) is 0 Å². The molecule has 1 aromatic carbocycles. The Morgan fingerprint density at radius 2 is 2.05 bits per heavy atom. The quantitative estimate of drug-likeness (QED) is 0.798. The molecule has 2 aliphatic carbocycles. The number of hydrogen-bond donors (Lipinski definition) is 0. The largest absolute Gasteiger partial charge is 0.298 e. The van der Waals surface area contributed by atoms with E-state index in [4.69, 9.17) is 4.98 Å². The number of aromatic nitrogens is 1. The molecule has 0 spiro atoms. The van der Waals surface area contributed by atoms with E-state index in [-0.39, 0.29) is 16.1 Å². The SMILES string of the molecule is CC1(C)[C@H]2CC[C@]1(C)C(=O)[C@@H]2Sc1nc2ccccc2s1. The second-order valence-electron chi connectivity index (χ2n) is 7.05. The minimum absolute atomic E-state index is 0.0966. The van der Waals surface area contributed by atoms with Gasteiger partial charge in [0.25, 0.3) is 0 Å². The molecule has 0 N–H and O–H groups in total. The summed E-state index contributed by atoms with van der Waals surface area (Å²) in [5.41, 5.74) is 1.04. The maximum absolute atomic E-state index is 12.9. The fourth-order valence-electron chi connectivity index (χ4n) is 4.15. The van der Waals surface area contributed by atoms with Crippen molar-refractivity contribution < 1.29 is 4.79 Å². The van der Waals surface area contributed by atoms with E-state index in [1.165, 1.54) is 11.1 Å². The molecule has 1 aromatic heterocycles. The number of hydrogen-bond acceptors (Lipinski definition) is 4. The second kappa shape index (κ2) is 4.32. The number of ketones is 1. The molecule has 0 amide bonds. The monoisotopic (exact) mass is 317 g/mol. The summed E-state index contributed by atoms with van der Waals surface area (Å²) in [5, 5.41) is 0.0966. The third kappa shape index (κ3) is 1.72. The van der Waals surface area contributed by atoms with Crippen LogP contribution in [0.1, 0.15) is 33.6 Å². The Labute approximate surface area is 133 Å². The van der Waals surface area contributed by atoms with Crippen LogP contribution in [-0.4, -0.2) is 16.0 Å². The fraction of sp³-hybridized carbons (Fsp3) is 0.529. The number of thioether (sulfide) groups is 1. The molecule has 2 nitrogen and oxygen atoms in total. The predicted molar refractivity (Wildman–Crippen MR) is 88.9 cm³/mol. The molecule has 1 heterocycles. The summed E-state index contributed by atoms with van der Waals surface area (Å²) in [7, 11) is 0. The first-order chi connectivity index (χ1) is 9.93. The van der Waals surface area contributed by atoms with Gasteiger partial charge in [0.2, 0.25) is 0 Å². The molecule has 4 rings (SSSR count). The van der Waals surface area contributed by atoms with E-state index < -0.39 is 0 Å². The highest BCUT2D eigenvalue weighted by atomic mass is 32.2. The number of para-hydroxylation sites is 1. The summed E-state index contributed by atoms with van der Waals surface area (Å²) in [4.78, 5) is 17.6. The van der Waals surface area contributed by atoms with Gasteiger partial charge in [-0.3, -0.25) is 4.79 Å². The number of nitrogens with zero attached hydrogens (tertiary/aromatic N) is 1. The van der Waals surface area contributed by atoms with Gasteiger partial charge in [0.05, 0.1) is 15.5 Å². The van der Waals surface area contributed by atoms with Gasteiger partial charge < -0.3 is 0 Å². The van der Waals surface area contributed by atoms with Crippen LogP contribution < -0.4 is 0 Å². The summed E-state index contributed by atoms with van der Waals surface area (Å²) in [6.45, 7) is 6.73. The molecule has 21 heavy (non-hydrogen) atoms. The fourth-order valence-corrected chi connectivity index (χ4v) is 7.00. The van der Waals surface area contributed by atoms with Gasteiger partial charge in [0.15, 0.2) is 10.1 Å². The highest BCUT2D eigenvalue weighted by Gasteiger charge is 2.66. The number of Topliss-reactive ketones (excluding diaryl/α,β-unsaturated/α-hetero) is 1. The molecular weight excluding hydrogens is 298 g/mol. The van der Waals surface area contributed by atoms with Gasteiger partial charge in [-0.05, 0) is 36.3 Å². The van der Waals surface area contributed by atoms with Crippen LogP contribution in [0.4, 0.5) is 0 Å². The van der Waals surface area contributed by atoms with Crippen molar-refractivity contribution in [1.82, 2.24) is 4.98 Å². The van der Waals surface area contributed by atoms with E-state index >= 15 is 0 Å². The minimum atomic E-state index is -0.133. The Bertz CT molecular complexity index is 702. The molecule has 110 valence electrons. The van der Waals surface area contributed by atoms with E-state index in [1.54, 1.807) is 23.1 Å². The smallest absolute Gasteiger partial charge is 0.152 e. The standard InChI is InChI=1S/C17H19NOS2/c1-16(2)10-8-9-17(16,3)14(19)13(10)21-15-18-11-6-4-5-7-12(11)20-15/h4-7,10,13H,8-9H2,1-3H3/t10-,13+,17+/m0/s1. The number of thiazole rings is 1. The van der Waals surface area contributed by atoms with Crippen LogP contribution in [0.15, 0.2) is 28.6 Å². The van der Waals surface area contributed by atoms with E-state index in [0.717, 1.165) is 16.3 Å². The lowest BCUT2D eigenvalue weighted by atomic mass is 9.70. The van der Waals surface area contributed by atoms with Gasteiger partial charge in [-0.25, -0.2) is 4.98 Å². The minimum Gasteiger partial charge on any atom is -0.298 e. The lowest BCUT2D eigenvalue weighted by molar-refractivity contribution is -0.127. The zero-order valence-corrected chi connectivity index (χ0v) is 14.2. The molecule has 2 saturated carbocycles. The molecule has 0 saturated heterocycles. The molecule has 2 aliphatic rings. The van der Waals surface area contributed by atoms with Crippen molar-refractivity contribution in [2.45, 2.75) is 43.2 Å². The molecule has 2 bridgehead atoms. The summed E-state index contributed by atoms with van der Waals surface area (Å²) in [5.74, 6) is 0.944. The van der Waals surface area contributed by atoms with Crippen LogP contribution in [0.25, 0.3) is 10.2 Å². The van der Waals surface area contributed by atoms with Crippen LogP contribution in [0, 0.1) is 16.7 Å². The topological polar surface area (TPSA) is 30.0 Å². The van der Waals surface area contributed by atoms with Crippen LogP contribution in [0.3, 0.4) is 0 Å². The number of carbonyl (C=O) groups excluding carboxylic acids is 1. The maximum atomic E-state index is 12.9. The summed E-state index contributed by atoms with van der Waals surface area (Å²) in [6, 6.07) is 8.21. The van der Waals surface area contributed by atoms with Gasteiger partial charge in [-0.15, -0.1) is 11.3 Å². The Morgan fingerprint density at radius 3 is 2.71 bits per heavy atom. The van der Waals surface area contributed by atoms with Crippen molar-refractivity contribution in [2.24, 2.45) is 16.7 Å². The third-order valence-electron chi connectivity index (χ3n) is 5.97. The van der Waals surface area contributed by atoms with Gasteiger partial charge >= 0.3 is 0 Å². The van der Waals surface area contributed by atoms with Crippen molar-refractivity contribution in [1.29, 1.82) is 0 Å². The molecule has 2 fully saturated rings. The molecule has 0 aliphatic heterocycles. The Hall–Kier alpha value is -0.870. The number of benzene rings is 1. The first kappa shape index (κ1) is 13.8. The average molecular weight is 317 g/mol. The Kier molecular flexibility index (Phi) is 2.84. The number of carbonyl (C=O) groups is 1. The molecule has 0 unspecified atom stereocenters. The lowest BCUT2D eigenvalue weighted by Gasteiger charge is -2.32. The van der Waals surface area contributed by atoms with Gasteiger partial charge in [-0.1, -0.05) is 44.7 Å². The van der Waals surface area contributed by atoms with Gasteiger partial charge in [-0.2, -0.15) is 0 Å². The first-order valence-corrected chi connectivity index (χ1v) is 9.20. The zero-order valence-electron chi connectivity index (χ0n) is 12.6. The molecule has 4 heteroatoms. The molecule has 0 radical (unpaired) electrons.